The van der Waals surface area contributed by atoms with Crippen molar-refractivity contribution in [1.82, 2.24) is 9.97 Å². The summed E-state index contributed by atoms with van der Waals surface area (Å²) in [5.41, 5.74) is -0.146. The number of nitrogens with zero attached hydrogens (tertiary/aromatic N) is 3. The fraction of sp³-hybridized carbons (Fsp3) is 0.333. The molecule has 0 atom stereocenters. The van der Waals surface area contributed by atoms with Crippen LogP contribution in [0.15, 0.2) is 30.5 Å². The molecule has 0 bridgehead atoms. The average molecular weight is 327 g/mol. The molecule has 124 valence electrons. The maximum Gasteiger partial charge on any atom is 0.433 e. The summed E-state index contributed by atoms with van der Waals surface area (Å²) in [6, 6.07) is 6.12. The molecule has 0 saturated carbocycles. The van der Waals surface area contributed by atoms with Crippen molar-refractivity contribution in [2.75, 3.05) is 26.2 Å². The van der Waals surface area contributed by atoms with Crippen molar-refractivity contribution in [1.29, 1.82) is 0 Å². The van der Waals surface area contributed by atoms with Crippen LogP contribution in [0.5, 0.6) is 11.5 Å². The predicted molar refractivity (Wildman–Crippen MR) is 78.7 cm³/mol. The van der Waals surface area contributed by atoms with Crippen LogP contribution in [0.2, 0.25) is 0 Å². The molecule has 0 unspecified atom stereocenters. The van der Waals surface area contributed by atoms with Gasteiger partial charge in [0.15, 0.2) is 11.5 Å². The SMILES string of the molecule is COc1ccc(CN(C)c2nccc(C(F)(F)F)n2)cc1OC. The zero-order valence-electron chi connectivity index (χ0n) is 12.9. The van der Waals surface area contributed by atoms with E-state index in [1.165, 1.54) is 19.1 Å². The molecule has 0 aliphatic heterocycles. The molecular weight excluding hydrogens is 311 g/mol. The Bertz CT molecular complexity index is 677. The van der Waals surface area contributed by atoms with Gasteiger partial charge < -0.3 is 14.4 Å². The van der Waals surface area contributed by atoms with Gasteiger partial charge in [-0.3, -0.25) is 0 Å². The number of hydrogen-bond donors (Lipinski definition) is 0. The van der Waals surface area contributed by atoms with E-state index in [-0.39, 0.29) is 5.95 Å². The van der Waals surface area contributed by atoms with E-state index in [1.807, 2.05) is 0 Å². The quantitative estimate of drug-likeness (QED) is 0.844. The van der Waals surface area contributed by atoms with E-state index >= 15 is 0 Å². The standard InChI is InChI=1S/C15H16F3N3O2/c1-21(14-19-7-6-13(20-14)15(16,17)18)9-10-4-5-11(22-2)12(8-10)23-3/h4-8H,9H2,1-3H3. The van der Waals surface area contributed by atoms with Crippen LogP contribution in [-0.4, -0.2) is 31.2 Å². The van der Waals surface area contributed by atoms with Crippen LogP contribution in [-0.2, 0) is 12.7 Å². The van der Waals surface area contributed by atoms with Crippen molar-refractivity contribution < 1.29 is 22.6 Å². The maximum atomic E-state index is 12.7. The molecule has 0 spiro atoms. The summed E-state index contributed by atoms with van der Waals surface area (Å²) in [5.74, 6) is 1.12. The Morgan fingerprint density at radius 1 is 1.09 bits per heavy atom. The summed E-state index contributed by atoms with van der Waals surface area (Å²) in [6.07, 6.45) is -3.40. The molecule has 2 rings (SSSR count). The fourth-order valence-corrected chi connectivity index (χ4v) is 2.01. The molecule has 1 heterocycles. The molecule has 0 N–H and O–H groups in total. The van der Waals surface area contributed by atoms with Crippen molar-refractivity contribution in [3.05, 3.63) is 41.7 Å². The molecule has 8 heteroatoms. The van der Waals surface area contributed by atoms with Crippen LogP contribution in [0.25, 0.3) is 0 Å². The third kappa shape index (κ3) is 4.02. The molecular formula is C15H16F3N3O2. The third-order valence-electron chi connectivity index (χ3n) is 3.14. The Hall–Kier alpha value is -2.51. The fourth-order valence-electron chi connectivity index (χ4n) is 2.01. The molecule has 2 aromatic rings. The number of benzene rings is 1. The van der Waals surface area contributed by atoms with Gasteiger partial charge in [0.25, 0.3) is 0 Å². The Morgan fingerprint density at radius 3 is 2.39 bits per heavy atom. The predicted octanol–water partition coefficient (Wildman–Crippen LogP) is 3.15. The van der Waals surface area contributed by atoms with Crippen molar-refractivity contribution in [3.63, 3.8) is 0 Å². The highest BCUT2D eigenvalue weighted by Crippen LogP contribution is 2.29. The van der Waals surface area contributed by atoms with Gasteiger partial charge in [-0.1, -0.05) is 6.07 Å². The summed E-state index contributed by atoms with van der Waals surface area (Å²) in [7, 11) is 4.66. The molecule has 0 amide bonds. The van der Waals surface area contributed by atoms with E-state index in [0.29, 0.717) is 18.0 Å². The summed E-state index contributed by atoms with van der Waals surface area (Å²) >= 11 is 0. The van der Waals surface area contributed by atoms with Crippen molar-refractivity contribution in [2.24, 2.45) is 0 Å². The van der Waals surface area contributed by atoms with Crippen LogP contribution in [0.3, 0.4) is 0 Å². The topological polar surface area (TPSA) is 47.5 Å². The largest absolute Gasteiger partial charge is 0.493 e. The van der Waals surface area contributed by atoms with E-state index in [9.17, 15) is 13.2 Å². The molecule has 0 radical (unpaired) electrons. The molecule has 0 fully saturated rings. The minimum Gasteiger partial charge on any atom is -0.493 e. The van der Waals surface area contributed by atoms with Crippen molar-refractivity contribution in [3.8, 4) is 11.5 Å². The molecule has 1 aromatic carbocycles. The number of alkyl halides is 3. The number of ether oxygens (including phenoxy) is 2. The first-order chi connectivity index (χ1) is 10.8. The lowest BCUT2D eigenvalue weighted by atomic mass is 10.2. The zero-order valence-corrected chi connectivity index (χ0v) is 12.9. The van der Waals surface area contributed by atoms with Gasteiger partial charge >= 0.3 is 6.18 Å². The second-order valence-corrected chi connectivity index (χ2v) is 4.79. The molecule has 0 aliphatic rings. The van der Waals surface area contributed by atoms with Crippen LogP contribution in [0.1, 0.15) is 11.3 Å². The molecule has 1 aromatic heterocycles. The smallest absolute Gasteiger partial charge is 0.433 e. The first-order valence-electron chi connectivity index (χ1n) is 6.67. The minimum atomic E-state index is -4.50. The van der Waals surface area contributed by atoms with Crippen LogP contribution < -0.4 is 14.4 Å². The van der Waals surface area contributed by atoms with E-state index in [4.69, 9.17) is 9.47 Å². The summed E-state index contributed by atoms with van der Waals surface area (Å²) in [5, 5.41) is 0. The van der Waals surface area contributed by atoms with E-state index in [0.717, 1.165) is 17.8 Å². The number of rotatable bonds is 5. The Morgan fingerprint density at radius 2 is 1.78 bits per heavy atom. The second kappa shape index (κ2) is 6.72. The van der Waals surface area contributed by atoms with E-state index < -0.39 is 11.9 Å². The third-order valence-corrected chi connectivity index (χ3v) is 3.14. The summed E-state index contributed by atoms with van der Waals surface area (Å²) < 4.78 is 48.5. The Kier molecular flexibility index (Phi) is 4.92. The lowest BCUT2D eigenvalue weighted by molar-refractivity contribution is -0.141. The first-order valence-corrected chi connectivity index (χ1v) is 6.67. The van der Waals surface area contributed by atoms with Crippen LogP contribution in [0, 0.1) is 0 Å². The number of anilines is 1. The lowest BCUT2D eigenvalue weighted by Crippen LogP contribution is -2.21. The van der Waals surface area contributed by atoms with Crippen LogP contribution in [0.4, 0.5) is 19.1 Å². The van der Waals surface area contributed by atoms with Gasteiger partial charge in [0.1, 0.15) is 5.69 Å². The molecule has 0 saturated heterocycles. The Balaban J connectivity index is 2.21. The van der Waals surface area contributed by atoms with Crippen molar-refractivity contribution in [2.45, 2.75) is 12.7 Å². The summed E-state index contributed by atoms with van der Waals surface area (Å²) in [6.45, 7) is 0.321. The number of halogens is 3. The number of methoxy groups -OCH3 is 2. The van der Waals surface area contributed by atoms with E-state index in [2.05, 4.69) is 9.97 Å². The highest BCUT2D eigenvalue weighted by Gasteiger charge is 2.33. The van der Waals surface area contributed by atoms with Crippen molar-refractivity contribution >= 4 is 5.95 Å². The first kappa shape index (κ1) is 16.9. The Labute approximate surface area is 131 Å². The molecule has 23 heavy (non-hydrogen) atoms. The minimum absolute atomic E-state index is 0.00499. The van der Waals surface area contributed by atoms with Gasteiger partial charge in [0.2, 0.25) is 5.95 Å². The highest BCUT2D eigenvalue weighted by molar-refractivity contribution is 5.44. The second-order valence-electron chi connectivity index (χ2n) is 4.79. The van der Waals surface area contributed by atoms with Gasteiger partial charge in [-0.05, 0) is 23.8 Å². The van der Waals surface area contributed by atoms with E-state index in [1.54, 1.807) is 25.2 Å². The highest BCUT2D eigenvalue weighted by atomic mass is 19.4. The lowest BCUT2D eigenvalue weighted by Gasteiger charge is -2.19. The van der Waals surface area contributed by atoms with Crippen LogP contribution >= 0.6 is 0 Å². The molecule has 5 nitrogen and oxygen atoms in total. The van der Waals surface area contributed by atoms with Gasteiger partial charge in [0, 0.05) is 19.8 Å². The summed E-state index contributed by atoms with van der Waals surface area (Å²) in [4.78, 5) is 8.96. The maximum absolute atomic E-state index is 12.7. The molecule has 0 aliphatic carbocycles. The average Bonchev–Trinajstić information content (AvgIpc) is 2.54. The van der Waals surface area contributed by atoms with Gasteiger partial charge in [0.05, 0.1) is 14.2 Å². The monoisotopic (exact) mass is 327 g/mol. The number of aromatic nitrogens is 2. The normalized spacial score (nSPS) is 11.2. The zero-order chi connectivity index (χ0) is 17.0. The van der Waals surface area contributed by atoms with Gasteiger partial charge in [-0.25, -0.2) is 9.97 Å². The number of hydrogen-bond acceptors (Lipinski definition) is 5. The van der Waals surface area contributed by atoms with Gasteiger partial charge in [-0.2, -0.15) is 13.2 Å². The van der Waals surface area contributed by atoms with Gasteiger partial charge in [-0.15, -0.1) is 0 Å².